The molecule has 0 spiro atoms. The van der Waals surface area contributed by atoms with Gasteiger partial charge in [-0.1, -0.05) is 6.92 Å². The van der Waals surface area contributed by atoms with Gasteiger partial charge in [0.1, 0.15) is 0 Å². The van der Waals surface area contributed by atoms with E-state index in [9.17, 15) is 8.42 Å². The standard InChI is InChI=1S/C14H29N3O3S/c1-2-7-15-10-13-5-3-8-17(12-13)21(18,19)16-11-14-6-4-9-20-14/h13-16H,2-12H2,1H3. The number of ether oxygens (including phenoxy) is 1. The highest BCUT2D eigenvalue weighted by molar-refractivity contribution is 7.87. The van der Waals surface area contributed by atoms with Gasteiger partial charge >= 0.3 is 0 Å². The number of piperidine rings is 1. The lowest BCUT2D eigenvalue weighted by atomic mass is 10.00. The third-order valence-corrected chi connectivity index (χ3v) is 5.74. The van der Waals surface area contributed by atoms with Crippen LogP contribution in [0, 0.1) is 5.92 Å². The Balaban J connectivity index is 1.77. The molecule has 0 aliphatic carbocycles. The maximum absolute atomic E-state index is 12.4. The van der Waals surface area contributed by atoms with Crippen molar-refractivity contribution < 1.29 is 13.2 Å². The van der Waals surface area contributed by atoms with Crippen LogP contribution in [-0.2, 0) is 14.9 Å². The summed E-state index contributed by atoms with van der Waals surface area (Å²) in [6.07, 6.45) is 5.19. The molecule has 2 aliphatic rings. The minimum atomic E-state index is -3.36. The normalized spacial score (nSPS) is 28.0. The zero-order valence-corrected chi connectivity index (χ0v) is 13.8. The van der Waals surface area contributed by atoms with E-state index in [0.717, 1.165) is 51.8 Å². The van der Waals surface area contributed by atoms with Crippen LogP contribution in [0.15, 0.2) is 0 Å². The summed E-state index contributed by atoms with van der Waals surface area (Å²) in [7, 11) is -3.36. The molecule has 2 fully saturated rings. The first-order valence-corrected chi connectivity index (χ1v) is 9.63. The third kappa shape index (κ3) is 5.49. The molecule has 0 aromatic rings. The molecule has 7 heteroatoms. The predicted molar refractivity (Wildman–Crippen MR) is 83.4 cm³/mol. The molecule has 0 radical (unpaired) electrons. The fourth-order valence-corrected chi connectivity index (χ4v) is 4.35. The van der Waals surface area contributed by atoms with E-state index in [-0.39, 0.29) is 6.10 Å². The number of nitrogens with zero attached hydrogens (tertiary/aromatic N) is 1. The van der Waals surface area contributed by atoms with Gasteiger partial charge in [-0.05, 0) is 51.1 Å². The molecule has 2 aliphatic heterocycles. The molecule has 124 valence electrons. The molecule has 2 unspecified atom stereocenters. The summed E-state index contributed by atoms with van der Waals surface area (Å²) in [6.45, 7) is 6.45. The second-order valence-corrected chi connectivity index (χ2v) is 7.81. The summed E-state index contributed by atoms with van der Waals surface area (Å²) in [5, 5.41) is 3.39. The Morgan fingerprint density at radius 1 is 1.24 bits per heavy atom. The molecular weight excluding hydrogens is 290 g/mol. The van der Waals surface area contributed by atoms with E-state index in [2.05, 4.69) is 17.0 Å². The lowest BCUT2D eigenvalue weighted by molar-refractivity contribution is 0.114. The molecule has 2 heterocycles. The number of hydrogen-bond donors (Lipinski definition) is 2. The lowest BCUT2D eigenvalue weighted by Gasteiger charge is -2.32. The summed E-state index contributed by atoms with van der Waals surface area (Å²) >= 11 is 0. The minimum absolute atomic E-state index is 0.0478. The molecule has 2 atom stereocenters. The summed E-state index contributed by atoms with van der Waals surface area (Å²) in [6, 6.07) is 0. The molecule has 0 amide bonds. The summed E-state index contributed by atoms with van der Waals surface area (Å²) in [4.78, 5) is 0. The van der Waals surface area contributed by atoms with Crippen LogP contribution in [0.25, 0.3) is 0 Å². The van der Waals surface area contributed by atoms with Crippen LogP contribution >= 0.6 is 0 Å². The molecule has 0 bridgehead atoms. The third-order valence-electron chi connectivity index (χ3n) is 4.20. The van der Waals surface area contributed by atoms with Crippen molar-refractivity contribution in [2.75, 3.05) is 39.3 Å². The van der Waals surface area contributed by atoms with E-state index in [1.54, 1.807) is 4.31 Å². The van der Waals surface area contributed by atoms with Gasteiger partial charge in [0.25, 0.3) is 10.2 Å². The second kappa shape index (κ2) is 8.43. The molecule has 0 aromatic heterocycles. The van der Waals surface area contributed by atoms with E-state index < -0.39 is 10.2 Å². The molecule has 2 saturated heterocycles. The van der Waals surface area contributed by atoms with Crippen molar-refractivity contribution in [3.05, 3.63) is 0 Å². The Morgan fingerprint density at radius 2 is 2.10 bits per heavy atom. The van der Waals surface area contributed by atoms with E-state index in [1.807, 2.05) is 0 Å². The largest absolute Gasteiger partial charge is 0.377 e. The Kier molecular flexibility index (Phi) is 6.88. The summed E-state index contributed by atoms with van der Waals surface area (Å²) in [5.74, 6) is 0.421. The lowest BCUT2D eigenvalue weighted by Crippen LogP contribution is -2.49. The summed E-state index contributed by atoms with van der Waals surface area (Å²) in [5.41, 5.74) is 0. The summed E-state index contributed by atoms with van der Waals surface area (Å²) < 4.78 is 34.5. The van der Waals surface area contributed by atoms with Crippen LogP contribution < -0.4 is 10.0 Å². The van der Waals surface area contributed by atoms with Crippen molar-refractivity contribution in [3.63, 3.8) is 0 Å². The fourth-order valence-electron chi connectivity index (χ4n) is 2.99. The maximum Gasteiger partial charge on any atom is 0.279 e. The highest BCUT2D eigenvalue weighted by Crippen LogP contribution is 2.18. The SMILES string of the molecule is CCCNCC1CCCN(S(=O)(=O)NCC2CCCO2)C1. The van der Waals surface area contributed by atoms with E-state index in [0.29, 0.717) is 25.6 Å². The van der Waals surface area contributed by atoms with Gasteiger partial charge in [0.05, 0.1) is 6.10 Å². The molecule has 21 heavy (non-hydrogen) atoms. The van der Waals surface area contributed by atoms with Crippen LogP contribution in [-0.4, -0.2) is 58.2 Å². The second-order valence-electron chi connectivity index (χ2n) is 6.06. The van der Waals surface area contributed by atoms with Crippen molar-refractivity contribution >= 4 is 10.2 Å². The molecule has 2 N–H and O–H groups in total. The Labute approximate surface area is 128 Å². The first kappa shape index (κ1) is 17.1. The highest BCUT2D eigenvalue weighted by Gasteiger charge is 2.29. The van der Waals surface area contributed by atoms with Gasteiger partial charge in [-0.3, -0.25) is 0 Å². The average Bonchev–Trinajstić information content (AvgIpc) is 2.99. The zero-order chi connectivity index (χ0) is 15.1. The van der Waals surface area contributed by atoms with Gasteiger partial charge in [0.15, 0.2) is 0 Å². The predicted octanol–water partition coefficient (Wildman–Crippen LogP) is 0.711. The van der Waals surface area contributed by atoms with Gasteiger partial charge in [-0.25, -0.2) is 0 Å². The first-order chi connectivity index (χ1) is 10.1. The molecule has 2 rings (SSSR count). The molecular formula is C14H29N3O3S. The van der Waals surface area contributed by atoms with Crippen molar-refractivity contribution in [3.8, 4) is 0 Å². The minimum Gasteiger partial charge on any atom is -0.377 e. The van der Waals surface area contributed by atoms with Crippen molar-refractivity contribution in [1.82, 2.24) is 14.3 Å². The quantitative estimate of drug-likeness (QED) is 0.647. The van der Waals surface area contributed by atoms with Crippen LogP contribution in [0.3, 0.4) is 0 Å². The van der Waals surface area contributed by atoms with Crippen LogP contribution in [0.2, 0.25) is 0 Å². The Morgan fingerprint density at radius 3 is 2.81 bits per heavy atom. The van der Waals surface area contributed by atoms with Crippen molar-refractivity contribution in [2.45, 2.75) is 45.1 Å². The smallest absolute Gasteiger partial charge is 0.279 e. The molecule has 0 saturated carbocycles. The number of rotatable bonds is 8. The van der Waals surface area contributed by atoms with E-state index in [1.165, 1.54) is 0 Å². The molecule has 6 nitrogen and oxygen atoms in total. The van der Waals surface area contributed by atoms with Crippen LogP contribution in [0.5, 0.6) is 0 Å². The number of hydrogen-bond acceptors (Lipinski definition) is 4. The van der Waals surface area contributed by atoms with Gasteiger partial charge in [0, 0.05) is 26.2 Å². The van der Waals surface area contributed by atoms with Gasteiger partial charge in [0.2, 0.25) is 0 Å². The van der Waals surface area contributed by atoms with E-state index in [4.69, 9.17) is 4.74 Å². The maximum atomic E-state index is 12.4. The van der Waals surface area contributed by atoms with Crippen molar-refractivity contribution in [2.24, 2.45) is 5.92 Å². The van der Waals surface area contributed by atoms with Gasteiger partial charge < -0.3 is 10.1 Å². The average molecular weight is 319 g/mol. The zero-order valence-electron chi connectivity index (χ0n) is 13.0. The Bertz CT molecular complexity index is 396. The van der Waals surface area contributed by atoms with Crippen LogP contribution in [0.1, 0.15) is 39.0 Å². The topological polar surface area (TPSA) is 70.7 Å². The van der Waals surface area contributed by atoms with Crippen molar-refractivity contribution in [1.29, 1.82) is 0 Å². The van der Waals surface area contributed by atoms with E-state index >= 15 is 0 Å². The van der Waals surface area contributed by atoms with Gasteiger partial charge in [-0.2, -0.15) is 17.4 Å². The monoisotopic (exact) mass is 319 g/mol. The van der Waals surface area contributed by atoms with Crippen LogP contribution in [0.4, 0.5) is 0 Å². The fraction of sp³-hybridized carbons (Fsp3) is 1.00. The Hall–Kier alpha value is -0.210. The first-order valence-electron chi connectivity index (χ1n) is 8.19. The highest BCUT2D eigenvalue weighted by atomic mass is 32.2. The molecule has 0 aromatic carbocycles. The number of nitrogens with one attached hydrogen (secondary N) is 2. The van der Waals surface area contributed by atoms with Gasteiger partial charge in [-0.15, -0.1) is 0 Å².